The van der Waals surface area contributed by atoms with E-state index >= 15 is 0 Å². The highest BCUT2D eigenvalue weighted by molar-refractivity contribution is 7.19. The summed E-state index contributed by atoms with van der Waals surface area (Å²) in [6, 6.07) is 8.46. The van der Waals surface area contributed by atoms with Gasteiger partial charge in [-0.25, -0.2) is 0 Å². The maximum Gasteiger partial charge on any atom is 0.271 e. The Hall–Kier alpha value is -2.12. The van der Waals surface area contributed by atoms with Crippen molar-refractivity contribution in [2.24, 2.45) is 0 Å². The molecular weight excluding hydrogens is 426 g/mol. The number of carbonyl (C=O) groups is 2. The highest BCUT2D eigenvalue weighted by atomic mass is 32.1. The van der Waals surface area contributed by atoms with Gasteiger partial charge in [0.05, 0.1) is 23.3 Å². The van der Waals surface area contributed by atoms with E-state index in [9.17, 15) is 9.59 Å². The number of amides is 2. The van der Waals surface area contributed by atoms with Gasteiger partial charge < -0.3 is 14.8 Å². The van der Waals surface area contributed by atoms with Crippen LogP contribution in [-0.4, -0.2) is 32.9 Å². The van der Waals surface area contributed by atoms with E-state index in [4.69, 9.17) is 0 Å². The fourth-order valence-electron chi connectivity index (χ4n) is 4.96. The molecule has 0 unspecified atom stereocenters. The van der Waals surface area contributed by atoms with Crippen molar-refractivity contribution in [1.82, 2.24) is 14.8 Å². The molecule has 1 fully saturated rings. The number of hydrogen-bond donors (Lipinski definition) is 1. The molecule has 0 spiro atoms. The standard InChI is InChI=1S/C24H29N3O2S2/c1-3-17-12-19-21(31-17)13-20-22(28)27(14-18-10-7-11-30-18)24(2,15-26(19)20)23(29)25-16-8-5-4-6-9-16/h7,10-13,16H,3-6,8-9,14-15H2,1-2H3,(H,25,29)/t24-/m0/s1. The number of aromatic nitrogens is 1. The number of hydrogen-bond acceptors (Lipinski definition) is 4. The molecule has 0 saturated heterocycles. The summed E-state index contributed by atoms with van der Waals surface area (Å²) in [6.07, 6.45) is 6.61. The molecule has 1 aliphatic carbocycles. The van der Waals surface area contributed by atoms with Gasteiger partial charge in [0.25, 0.3) is 5.91 Å². The number of carbonyl (C=O) groups excluding carboxylic acids is 2. The zero-order valence-corrected chi connectivity index (χ0v) is 19.8. The third-order valence-electron chi connectivity index (χ3n) is 6.84. The van der Waals surface area contributed by atoms with E-state index in [1.54, 1.807) is 27.6 Å². The zero-order chi connectivity index (χ0) is 21.6. The molecule has 1 aliphatic heterocycles. The van der Waals surface area contributed by atoms with Crippen molar-refractivity contribution in [2.45, 2.75) is 77.0 Å². The summed E-state index contributed by atoms with van der Waals surface area (Å²) >= 11 is 3.38. The molecule has 2 aliphatic rings. The third kappa shape index (κ3) is 3.61. The lowest BCUT2D eigenvalue weighted by molar-refractivity contribution is -0.134. The molecule has 3 aromatic rings. The first-order valence-electron chi connectivity index (χ1n) is 11.3. The van der Waals surface area contributed by atoms with Crippen molar-refractivity contribution in [3.05, 3.63) is 45.1 Å². The van der Waals surface area contributed by atoms with Crippen molar-refractivity contribution in [3.8, 4) is 0 Å². The van der Waals surface area contributed by atoms with Crippen LogP contribution in [0.15, 0.2) is 29.6 Å². The molecule has 5 nitrogen and oxygen atoms in total. The van der Waals surface area contributed by atoms with Gasteiger partial charge in [0.15, 0.2) is 0 Å². The average Bonchev–Trinajstić information content (AvgIpc) is 3.49. The predicted molar refractivity (Wildman–Crippen MR) is 127 cm³/mol. The Morgan fingerprint density at radius 2 is 2.03 bits per heavy atom. The second kappa shape index (κ2) is 8.10. The Morgan fingerprint density at radius 3 is 2.74 bits per heavy atom. The number of rotatable bonds is 5. The average molecular weight is 456 g/mol. The Balaban J connectivity index is 1.54. The van der Waals surface area contributed by atoms with Crippen LogP contribution in [0.5, 0.6) is 0 Å². The normalized spacial score (nSPS) is 22.1. The Kier molecular flexibility index (Phi) is 5.42. The summed E-state index contributed by atoms with van der Waals surface area (Å²) < 4.78 is 3.21. The second-order valence-corrected chi connectivity index (χ2v) is 11.2. The Morgan fingerprint density at radius 1 is 1.23 bits per heavy atom. The van der Waals surface area contributed by atoms with Crippen LogP contribution in [0.2, 0.25) is 0 Å². The van der Waals surface area contributed by atoms with Crippen LogP contribution in [-0.2, 0) is 24.3 Å². The van der Waals surface area contributed by atoms with E-state index < -0.39 is 5.54 Å². The molecule has 164 valence electrons. The van der Waals surface area contributed by atoms with Crippen LogP contribution >= 0.6 is 22.7 Å². The van der Waals surface area contributed by atoms with Crippen LogP contribution < -0.4 is 5.32 Å². The van der Waals surface area contributed by atoms with Crippen LogP contribution in [0.25, 0.3) is 10.2 Å². The monoisotopic (exact) mass is 455 g/mol. The highest BCUT2D eigenvalue weighted by Crippen LogP contribution is 2.37. The van der Waals surface area contributed by atoms with Gasteiger partial charge in [-0.2, -0.15) is 0 Å². The summed E-state index contributed by atoms with van der Waals surface area (Å²) in [5.41, 5.74) is 0.854. The fourth-order valence-corrected chi connectivity index (χ4v) is 6.69. The number of thiophene rings is 2. The van der Waals surface area contributed by atoms with Gasteiger partial charge in [-0.3, -0.25) is 9.59 Å². The molecule has 31 heavy (non-hydrogen) atoms. The minimum absolute atomic E-state index is 0.0252. The van der Waals surface area contributed by atoms with Crippen LogP contribution in [0.3, 0.4) is 0 Å². The molecule has 7 heteroatoms. The first-order valence-corrected chi connectivity index (χ1v) is 13.0. The number of nitrogens with zero attached hydrogens (tertiary/aromatic N) is 2. The first-order chi connectivity index (χ1) is 15.0. The van der Waals surface area contributed by atoms with E-state index in [0.29, 0.717) is 18.8 Å². The lowest BCUT2D eigenvalue weighted by Gasteiger charge is -2.44. The molecule has 1 atom stereocenters. The van der Waals surface area contributed by atoms with E-state index in [2.05, 4.69) is 22.9 Å². The lowest BCUT2D eigenvalue weighted by Crippen LogP contribution is -2.64. The second-order valence-electron chi connectivity index (χ2n) is 8.98. The largest absolute Gasteiger partial charge is 0.351 e. The Bertz CT molecular complexity index is 1110. The molecule has 0 bridgehead atoms. The van der Waals surface area contributed by atoms with Crippen LogP contribution in [0, 0.1) is 0 Å². The summed E-state index contributed by atoms with van der Waals surface area (Å²) in [7, 11) is 0. The zero-order valence-electron chi connectivity index (χ0n) is 18.1. The number of aryl methyl sites for hydroxylation is 1. The van der Waals surface area contributed by atoms with Crippen molar-refractivity contribution in [2.75, 3.05) is 0 Å². The van der Waals surface area contributed by atoms with Gasteiger partial charge in [0.1, 0.15) is 11.2 Å². The third-order valence-corrected chi connectivity index (χ3v) is 8.92. The Labute approximate surface area is 191 Å². The van der Waals surface area contributed by atoms with E-state index in [1.807, 2.05) is 30.5 Å². The molecule has 0 aromatic carbocycles. The van der Waals surface area contributed by atoms with Gasteiger partial charge in [-0.1, -0.05) is 32.3 Å². The minimum atomic E-state index is -0.925. The summed E-state index contributed by atoms with van der Waals surface area (Å²) in [5.74, 6) is -0.0786. The first kappa shape index (κ1) is 20.8. The van der Waals surface area contributed by atoms with Gasteiger partial charge >= 0.3 is 0 Å². The lowest BCUT2D eigenvalue weighted by atomic mass is 9.91. The number of nitrogens with one attached hydrogen (secondary N) is 1. The van der Waals surface area contributed by atoms with Gasteiger partial charge in [-0.15, -0.1) is 22.7 Å². The van der Waals surface area contributed by atoms with Gasteiger partial charge in [0.2, 0.25) is 5.91 Å². The van der Waals surface area contributed by atoms with Gasteiger partial charge in [-0.05, 0) is 49.8 Å². The maximum atomic E-state index is 13.7. The smallest absolute Gasteiger partial charge is 0.271 e. The van der Waals surface area contributed by atoms with Crippen LogP contribution in [0.1, 0.15) is 66.2 Å². The fraction of sp³-hybridized carbons (Fsp3) is 0.500. The van der Waals surface area contributed by atoms with Crippen LogP contribution in [0.4, 0.5) is 0 Å². The van der Waals surface area contributed by atoms with Crippen molar-refractivity contribution in [3.63, 3.8) is 0 Å². The molecule has 2 amide bonds. The molecule has 0 radical (unpaired) electrons. The maximum absolute atomic E-state index is 13.7. The van der Waals surface area contributed by atoms with E-state index in [0.717, 1.165) is 47.2 Å². The molecule has 5 rings (SSSR count). The summed E-state index contributed by atoms with van der Waals surface area (Å²) in [4.78, 5) is 31.6. The molecule has 4 heterocycles. The van der Waals surface area contributed by atoms with E-state index in [1.165, 1.54) is 11.3 Å². The quantitative estimate of drug-likeness (QED) is 0.576. The molecule has 1 N–H and O–H groups in total. The van der Waals surface area contributed by atoms with E-state index in [-0.39, 0.29) is 17.9 Å². The topological polar surface area (TPSA) is 54.3 Å². The molecular formula is C24H29N3O2S2. The summed E-state index contributed by atoms with van der Waals surface area (Å²) in [6.45, 7) is 5.04. The van der Waals surface area contributed by atoms with Crippen molar-refractivity contribution < 1.29 is 9.59 Å². The molecule has 3 aromatic heterocycles. The highest BCUT2D eigenvalue weighted by Gasteiger charge is 2.48. The van der Waals surface area contributed by atoms with Crippen molar-refractivity contribution in [1.29, 1.82) is 0 Å². The summed E-state index contributed by atoms with van der Waals surface area (Å²) in [5, 5.41) is 5.33. The predicted octanol–water partition coefficient (Wildman–Crippen LogP) is 5.19. The van der Waals surface area contributed by atoms with Crippen molar-refractivity contribution >= 4 is 44.7 Å². The SMILES string of the molecule is CCc1cc2c(cc3n2C[C@@](C)(C(=O)NC2CCCCC2)N(Cc2cccs2)C3=O)s1. The number of fused-ring (bicyclic) bond motifs is 3. The van der Waals surface area contributed by atoms with Gasteiger partial charge in [0, 0.05) is 15.8 Å². The molecule has 1 saturated carbocycles. The minimum Gasteiger partial charge on any atom is -0.351 e.